The molecule has 8 heteroatoms. The molecule has 0 radical (unpaired) electrons. The maximum Gasteiger partial charge on any atom is 0.320 e. The average molecular weight is 436 g/mol. The quantitative estimate of drug-likeness (QED) is 0.293. The van der Waals surface area contributed by atoms with Crippen molar-refractivity contribution in [3.63, 3.8) is 0 Å². The van der Waals surface area contributed by atoms with Crippen LogP contribution in [0.1, 0.15) is 17.2 Å². The first-order valence-corrected chi connectivity index (χ1v) is 9.89. The molecule has 0 saturated heterocycles. The van der Waals surface area contributed by atoms with Crippen molar-refractivity contribution in [3.8, 4) is 0 Å². The molecule has 5 N–H and O–H groups in total. The van der Waals surface area contributed by atoms with E-state index in [1.165, 1.54) is 0 Å². The van der Waals surface area contributed by atoms with Crippen LogP contribution in [0.3, 0.4) is 0 Å². The Hall–Kier alpha value is -3.84. The summed E-state index contributed by atoms with van der Waals surface area (Å²) in [6.45, 7) is 0. The van der Waals surface area contributed by atoms with Gasteiger partial charge in [-0.3, -0.25) is 10.2 Å². The fourth-order valence-electron chi connectivity index (χ4n) is 2.86. The van der Waals surface area contributed by atoms with Crippen molar-refractivity contribution in [3.05, 3.63) is 95.0 Å². The molecule has 0 saturated carbocycles. The van der Waals surface area contributed by atoms with Gasteiger partial charge in [0.05, 0.1) is 0 Å². The smallest absolute Gasteiger partial charge is 0.320 e. The SMILES string of the molecule is CNC(=N)c1ccc(NC(=O)C(NC(=O)Nc2ccc(Cl)cc2)c2ccccc2)cc1. The molecule has 3 amide bonds. The first-order valence-electron chi connectivity index (χ1n) is 9.52. The highest BCUT2D eigenvalue weighted by Gasteiger charge is 2.23. The minimum atomic E-state index is -0.913. The van der Waals surface area contributed by atoms with Crippen LogP contribution in [0.2, 0.25) is 5.02 Å². The normalized spacial score (nSPS) is 11.2. The van der Waals surface area contributed by atoms with Crippen LogP contribution in [0, 0.1) is 5.41 Å². The second-order valence-electron chi connectivity index (χ2n) is 6.64. The molecule has 1 unspecified atom stereocenters. The number of halogens is 1. The Kier molecular flexibility index (Phi) is 7.24. The predicted molar refractivity (Wildman–Crippen MR) is 124 cm³/mol. The van der Waals surface area contributed by atoms with Crippen LogP contribution in [0.25, 0.3) is 0 Å². The number of benzene rings is 3. The number of hydrogen-bond donors (Lipinski definition) is 5. The Labute approximate surface area is 185 Å². The molecule has 7 nitrogen and oxygen atoms in total. The highest BCUT2D eigenvalue weighted by molar-refractivity contribution is 6.30. The standard InChI is InChI=1S/C23H22ClN5O2/c1-26-21(25)16-7-11-18(12-8-16)27-22(30)20(15-5-3-2-4-6-15)29-23(31)28-19-13-9-17(24)10-14-19/h2-14,20H,1H3,(H2,25,26)(H,27,30)(H2,28,29,31). The number of hydrogen-bond acceptors (Lipinski definition) is 3. The van der Waals surface area contributed by atoms with E-state index in [4.69, 9.17) is 17.0 Å². The summed E-state index contributed by atoms with van der Waals surface area (Å²) < 4.78 is 0. The van der Waals surface area contributed by atoms with Crippen LogP contribution in [-0.4, -0.2) is 24.8 Å². The van der Waals surface area contributed by atoms with E-state index in [-0.39, 0.29) is 5.84 Å². The molecular formula is C23H22ClN5O2. The van der Waals surface area contributed by atoms with E-state index in [2.05, 4.69) is 21.3 Å². The molecule has 0 bridgehead atoms. The third-order valence-electron chi connectivity index (χ3n) is 4.46. The third-order valence-corrected chi connectivity index (χ3v) is 4.72. The van der Waals surface area contributed by atoms with Crippen molar-refractivity contribution in [2.45, 2.75) is 6.04 Å². The molecule has 0 aliphatic heterocycles. The Morgan fingerprint density at radius 1 is 0.839 bits per heavy atom. The molecular weight excluding hydrogens is 414 g/mol. The molecule has 0 heterocycles. The fraction of sp³-hybridized carbons (Fsp3) is 0.0870. The summed E-state index contributed by atoms with van der Waals surface area (Å²) in [6.07, 6.45) is 0. The minimum absolute atomic E-state index is 0.278. The lowest BCUT2D eigenvalue weighted by molar-refractivity contribution is -0.118. The molecule has 0 aliphatic carbocycles. The first kappa shape index (κ1) is 21.9. The van der Waals surface area contributed by atoms with Crippen molar-refractivity contribution in [2.24, 2.45) is 0 Å². The van der Waals surface area contributed by atoms with Gasteiger partial charge in [0.2, 0.25) is 0 Å². The summed E-state index contributed by atoms with van der Waals surface area (Å²) in [5.74, 6) is -0.116. The second kappa shape index (κ2) is 10.3. The van der Waals surface area contributed by atoms with E-state index < -0.39 is 18.0 Å². The van der Waals surface area contributed by atoms with Gasteiger partial charge in [0.15, 0.2) is 0 Å². The van der Waals surface area contributed by atoms with Gasteiger partial charge in [-0.2, -0.15) is 0 Å². The Balaban J connectivity index is 1.74. The molecule has 0 aromatic heterocycles. The van der Waals surface area contributed by atoms with Crippen LogP contribution in [0.15, 0.2) is 78.9 Å². The summed E-state index contributed by atoms with van der Waals surface area (Å²) in [4.78, 5) is 25.5. The molecule has 0 spiro atoms. The molecule has 0 fully saturated rings. The Morgan fingerprint density at radius 2 is 1.42 bits per heavy atom. The topological polar surface area (TPSA) is 106 Å². The lowest BCUT2D eigenvalue weighted by Gasteiger charge is -2.19. The van der Waals surface area contributed by atoms with Crippen LogP contribution in [0.5, 0.6) is 0 Å². The van der Waals surface area contributed by atoms with Gasteiger partial charge in [-0.1, -0.05) is 41.9 Å². The zero-order valence-electron chi connectivity index (χ0n) is 16.8. The Morgan fingerprint density at radius 3 is 2.03 bits per heavy atom. The molecule has 1 atom stereocenters. The lowest BCUT2D eigenvalue weighted by Crippen LogP contribution is -2.39. The van der Waals surface area contributed by atoms with Crippen molar-refractivity contribution in [1.82, 2.24) is 10.6 Å². The summed E-state index contributed by atoms with van der Waals surface area (Å²) in [5, 5.41) is 19.3. The van der Waals surface area contributed by atoms with E-state index in [9.17, 15) is 9.59 Å². The van der Waals surface area contributed by atoms with Gasteiger partial charge in [0, 0.05) is 29.0 Å². The fourth-order valence-corrected chi connectivity index (χ4v) is 2.98. The minimum Gasteiger partial charge on any atom is -0.373 e. The van der Waals surface area contributed by atoms with E-state index in [0.717, 1.165) is 0 Å². The van der Waals surface area contributed by atoms with Crippen LogP contribution < -0.4 is 21.3 Å². The van der Waals surface area contributed by atoms with Crippen molar-refractivity contribution >= 4 is 40.7 Å². The van der Waals surface area contributed by atoms with Crippen molar-refractivity contribution in [2.75, 3.05) is 17.7 Å². The largest absolute Gasteiger partial charge is 0.373 e. The van der Waals surface area contributed by atoms with Gasteiger partial charge in [-0.25, -0.2) is 4.79 Å². The van der Waals surface area contributed by atoms with Gasteiger partial charge in [0.1, 0.15) is 11.9 Å². The monoisotopic (exact) mass is 435 g/mol. The zero-order valence-corrected chi connectivity index (χ0v) is 17.5. The zero-order chi connectivity index (χ0) is 22.2. The van der Waals surface area contributed by atoms with Crippen LogP contribution in [-0.2, 0) is 4.79 Å². The molecule has 3 rings (SSSR count). The van der Waals surface area contributed by atoms with E-state index >= 15 is 0 Å². The van der Waals surface area contributed by atoms with Gasteiger partial charge < -0.3 is 21.3 Å². The highest BCUT2D eigenvalue weighted by atomic mass is 35.5. The van der Waals surface area contributed by atoms with E-state index in [0.29, 0.717) is 27.5 Å². The number of anilines is 2. The maximum absolute atomic E-state index is 13.0. The average Bonchev–Trinajstić information content (AvgIpc) is 2.79. The first-order chi connectivity index (χ1) is 15.0. The summed E-state index contributed by atoms with van der Waals surface area (Å²) in [5.41, 5.74) is 2.44. The van der Waals surface area contributed by atoms with Gasteiger partial charge >= 0.3 is 6.03 Å². The molecule has 31 heavy (non-hydrogen) atoms. The van der Waals surface area contributed by atoms with Crippen LogP contribution in [0.4, 0.5) is 16.2 Å². The van der Waals surface area contributed by atoms with E-state index in [1.807, 2.05) is 6.07 Å². The predicted octanol–water partition coefficient (Wildman–Crippen LogP) is 4.39. The maximum atomic E-state index is 13.0. The summed E-state index contributed by atoms with van der Waals surface area (Å²) >= 11 is 5.87. The summed E-state index contributed by atoms with van der Waals surface area (Å²) in [6, 6.07) is 21.1. The van der Waals surface area contributed by atoms with Gasteiger partial charge in [-0.05, 0) is 54.1 Å². The number of rotatable bonds is 6. The van der Waals surface area contributed by atoms with Crippen LogP contribution >= 0.6 is 11.6 Å². The lowest BCUT2D eigenvalue weighted by atomic mass is 10.1. The number of carbonyl (C=O) groups excluding carboxylic acids is 2. The number of nitrogens with one attached hydrogen (secondary N) is 5. The van der Waals surface area contributed by atoms with Crippen molar-refractivity contribution in [1.29, 1.82) is 5.41 Å². The Bertz CT molecular complexity index is 1050. The number of amidine groups is 1. The van der Waals surface area contributed by atoms with E-state index in [1.54, 1.807) is 79.8 Å². The molecule has 0 aliphatic rings. The second-order valence-corrected chi connectivity index (χ2v) is 7.08. The highest BCUT2D eigenvalue weighted by Crippen LogP contribution is 2.18. The van der Waals surface area contributed by atoms with Crippen molar-refractivity contribution < 1.29 is 9.59 Å². The van der Waals surface area contributed by atoms with Gasteiger partial charge in [-0.15, -0.1) is 0 Å². The number of carbonyl (C=O) groups is 2. The third kappa shape index (κ3) is 6.07. The number of urea groups is 1. The molecule has 3 aromatic carbocycles. The van der Waals surface area contributed by atoms with Gasteiger partial charge in [0.25, 0.3) is 5.91 Å². The molecule has 3 aromatic rings. The number of amides is 3. The summed E-state index contributed by atoms with van der Waals surface area (Å²) in [7, 11) is 1.67. The molecule has 158 valence electrons.